The molecule has 1 aromatic carbocycles. The minimum absolute atomic E-state index is 0. The Balaban J connectivity index is 0.00000144. The molecule has 1 aliphatic rings. The van der Waals surface area contributed by atoms with Crippen LogP contribution in [-0.4, -0.2) is 15.4 Å². The van der Waals surface area contributed by atoms with Crippen molar-refractivity contribution < 1.29 is 5.11 Å². The van der Waals surface area contributed by atoms with Gasteiger partial charge in [0.2, 0.25) is 0 Å². The van der Waals surface area contributed by atoms with E-state index in [1.807, 2.05) is 13.0 Å². The lowest BCUT2D eigenvalue weighted by molar-refractivity contribution is 0.308. The van der Waals surface area contributed by atoms with Crippen molar-refractivity contribution in [2.75, 3.05) is 0 Å². The largest absolute Gasteiger partial charge is 0.501 e. The standard InChI is InChI=1S/C13H17NOS.ClH/c1-3-12-14(10(2)13(15)16-12)9-11-7-5-4-6-8-11;/h4-8,12,15H,3,9H2,1-2H3;1H. The van der Waals surface area contributed by atoms with E-state index in [-0.39, 0.29) is 12.4 Å². The van der Waals surface area contributed by atoms with Gasteiger partial charge in [-0.3, -0.25) is 0 Å². The van der Waals surface area contributed by atoms with Gasteiger partial charge in [0.1, 0.15) is 0 Å². The van der Waals surface area contributed by atoms with E-state index in [0.717, 1.165) is 18.7 Å². The van der Waals surface area contributed by atoms with E-state index < -0.39 is 0 Å². The zero-order valence-electron chi connectivity index (χ0n) is 10.1. The molecule has 1 heterocycles. The molecule has 0 radical (unpaired) electrons. The van der Waals surface area contributed by atoms with Crippen molar-refractivity contribution in [3.05, 3.63) is 46.7 Å². The van der Waals surface area contributed by atoms with E-state index in [1.54, 1.807) is 11.8 Å². The molecular formula is C13H18ClNOS. The van der Waals surface area contributed by atoms with Crippen LogP contribution in [0.5, 0.6) is 0 Å². The molecule has 0 aromatic heterocycles. The highest BCUT2D eigenvalue weighted by atomic mass is 35.5. The van der Waals surface area contributed by atoms with E-state index >= 15 is 0 Å². The summed E-state index contributed by atoms with van der Waals surface area (Å²) in [6.45, 7) is 5.02. The Kier molecular flexibility index (Phi) is 5.22. The number of thioether (sulfide) groups is 1. The lowest BCUT2D eigenvalue weighted by Crippen LogP contribution is -2.26. The molecule has 0 amide bonds. The number of aliphatic hydroxyl groups excluding tert-OH is 1. The van der Waals surface area contributed by atoms with Crippen LogP contribution in [0.4, 0.5) is 0 Å². The fourth-order valence-electron chi connectivity index (χ4n) is 1.92. The molecule has 4 heteroatoms. The highest BCUT2D eigenvalue weighted by Crippen LogP contribution is 2.38. The minimum Gasteiger partial charge on any atom is -0.501 e. The number of nitrogens with zero attached hydrogens (tertiary/aromatic N) is 1. The number of allylic oxidation sites excluding steroid dienone is 1. The van der Waals surface area contributed by atoms with Crippen molar-refractivity contribution in [2.24, 2.45) is 0 Å². The van der Waals surface area contributed by atoms with Crippen LogP contribution in [0.25, 0.3) is 0 Å². The molecule has 1 aromatic rings. The molecule has 17 heavy (non-hydrogen) atoms. The topological polar surface area (TPSA) is 23.5 Å². The monoisotopic (exact) mass is 271 g/mol. The Labute approximate surface area is 113 Å². The first-order chi connectivity index (χ1) is 7.72. The van der Waals surface area contributed by atoms with Gasteiger partial charge in [-0.2, -0.15) is 0 Å². The first-order valence-electron chi connectivity index (χ1n) is 5.59. The molecule has 0 spiro atoms. The van der Waals surface area contributed by atoms with Gasteiger partial charge in [-0.05, 0) is 18.9 Å². The van der Waals surface area contributed by atoms with Gasteiger partial charge in [-0.15, -0.1) is 12.4 Å². The molecule has 0 aliphatic carbocycles. The summed E-state index contributed by atoms with van der Waals surface area (Å²) in [6, 6.07) is 10.4. The quantitative estimate of drug-likeness (QED) is 0.894. The van der Waals surface area contributed by atoms with Crippen LogP contribution in [0.1, 0.15) is 25.8 Å². The summed E-state index contributed by atoms with van der Waals surface area (Å²) in [5.41, 5.74) is 2.29. The second kappa shape index (κ2) is 6.22. The maximum absolute atomic E-state index is 9.75. The van der Waals surface area contributed by atoms with Crippen LogP contribution in [0.2, 0.25) is 0 Å². The van der Waals surface area contributed by atoms with Crippen LogP contribution in [0.15, 0.2) is 41.1 Å². The Morgan fingerprint density at radius 3 is 2.53 bits per heavy atom. The molecule has 0 saturated carbocycles. The lowest BCUT2D eigenvalue weighted by Gasteiger charge is -2.26. The Bertz CT molecular complexity index is 394. The number of aliphatic hydroxyl groups is 1. The Morgan fingerprint density at radius 1 is 1.29 bits per heavy atom. The van der Waals surface area contributed by atoms with Crippen LogP contribution in [0, 0.1) is 0 Å². The average Bonchev–Trinajstić information content (AvgIpc) is 2.58. The molecule has 94 valence electrons. The summed E-state index contributed by atoms with van der Waals surface area (Å²) >= 11 is 1.56. The van der Waals surface area contributed by atoms with Gasteiger partial charge in [0, 0.05) is 6.54 Å². The van der Waals surface area contributed by atoms with E-state index in [1.165, 1.54) is 5.56 Å². The van der Waals surface area contributed by atoms with Gasteiger partial charge >= 0.3 is 0 Å². The fourth-order valence-corrected chi connectivity index (χ4v) is 2.99. The van der Waals surface area contributed by atoms with Gasteiger partial charge < -0.3 is 10.0 Å². The smallest absolute Gasteiger partial charge is 0.171 e. The highest BCUT2D eigenvalue weighted by molar-refractivity contribution is 8.03. The lowest BCUT2D eigenvalue weighted by atomic mass is 10.2. The predicted molar refractivity (Wildman–Crippen MR) is 76.2 cm³/mol. The zero-order chi connectivity index (χ0) is 11.5. The summed E-state index contributed by atoms with van der Waals surface area (Å²) in [5, 5.41) is 10.6. The van der Waals surface area contributed by atoms with Crippen molar-refractivity contribution in [1.29, 1.82) is 0 Å². The van der Waals surface area contributed by atoms with Crippen LogP contribution >= 0.6 is 24.2 Å². The van der Waals surface area contributed by atoms with Gasteiger partial charge in [0.15, 0.2) is 5.09 Å². The molecule has 2 rings (SSSR count). The van der Waals surface area contributed by atoms with E-state index in [2.05, 4.69) is 36.1 Å². The summed E-state index contributed by atoms with van der Waals surface area (Å²) < 4.78 is 0. The second-order valence-electron chi connectivity index (χ2n) is 3.98. The summed E-state index contributed by atoms with van der Waals surface area (Å²) in [6.07, 6.45) is 1.04. The molecule has 0 bridgehead atoms. The summed E-state index contributed by atoms with van der Waals surface area (Å²) in [7, 11) is 0. The first-order valence-corrected chi connectivity index (χ1v) is 6.47. The Morgan fingerprint density at radius 2 is 1.94 bits per heavy atom. The average molecular weight is 272 g/mol. The maximum atomic E-state index is 9.75. The molecule has 1 N–H and O–H groups in total. The van der Waals surface area contributed by atoms with Gasteiger partial charge in [-0.1, -0.05) is 49.0 Å². The highest BCUT2D eigenvalue weighted by Gasteiger charge is 2.28. The van der Waals surface area contributed by atoms with Crippen molar-refractivity contribution in [2.45, 2.75) is 32.2 Å². The summed E-state index contributed by atoms with van der Waals surface area (Å²) in [4.78, 5) is 2.27. The first kappa shape index (κ1) is 14.3. The van der Waals surface area contributed by atoms with Crippen molar-refractivity contribution in [3.63, 3.8) is 0 Å². The van der Waals surface area contributed by atoms with Crippen molar-refractivity contribution in [1.82, 2.24) is 4.90 Å². The third-order valence-corrected chi connectivity index (χ3v) is 4.26. The minimum atomic E-state index is 0. The SMILES string of the molecule is CCC1SC(O)=C(C)N1Cc1ccccc1.Cl. The van der Waals surface area contributed by atoms with Crippen LogP contribution < -0.4 is 0 Å². The molecule has 2 nitrogen and oxygen atoms in total. The van der Waals surface area contributed by atoms with E-state index in [4.69, 9.17) is 0 Å². The predicted octanol–water partition coefficient (Wildman–Crippen LogP) is 4.14. The molecular weight excluding hydrogens is 254 g/mol. The zero-order valence-corrected chi connectivity index (χ0v) is 11.7. The number of rotatable bonds is 3. The van der Waals surface area contributed by atoms with Crippen LogP contribution in [0.3, 0.4) is 0 Å². The molecule has 1 atom stereocenters. The normalized spacial score (nSPS) is 19.4. The van der Waals surface area contributed by atoms with Gasteiger partial charge in [0.25, 0.3) is 0 Å². The molecule has 1 aliphatic heterocycles. The fraction of sp³-hybridized carbons (Fsp3) is 0.385. The third-order valence-electron chi connectivity index (χ3n) is 2.88. The number of benzene rings is 1. The number of hydrogen-bond acceptors (Lipinski definition) is 3. The number of hydrogen-bond donors (Lipinski definition) is 1. The third kappa shape index (κ3) is 3.11. The molecule has 0 saturated heterocycles. The van der Waals surface area contributed by atoms with E-state index in [0.29, 0.717) is 10.5 Å². The van der Waals surface area contributed by atoms with Gasteiger partial charge in [-0.25, -0.2) is 0 Å². The second-order valence-corrected chi connectivity index (χ2v) is 5.15. The summed E-state index contributed by atoms with van der Waals surface area (Å²) in [5.74, 6) is 0. The van der Waals surface area contributed by atoms with Gasteiger partial charge in [0.05, 0.1) is 11.1 Å². The Hall–Kier alpha value is -0.800. The van der Waals surface area contributed by atoms with Crippen molar-refractivity contribution in [3.8, 4) is 0 Å². The number of halogens is 1. The molecule has 1 unspecified atom stereocenters. The van der Waals surface area contributed by atoms with Crippen LogP contribution in [-0.2, 0) is 6.54 Å². The maximum Gasteiger partial charge on any atom is 0.171 e. The van der Waals surface area contributed by atoms with E-state index in [9.17, 15) is 5.11 Å². The molecule has 0 fully saturated rings. The van der Waals surface area contributed by atoms with Crippen molar-refractivity contribution >= 4 is 24.2 Å².